The molecular weight excluding hydrogens is 452 g/mol. The molecule has 0 aromatic heterocycles. The van der Waals surface area contributed by atoms with Gasteiger partial charge in [-0.1, -0.05) is 59.9 Å². The fraction of sp³-hybridized carbons (Fsp3) is 0.200. The predicted octanol–water partition coefficient (Wildman–Crippen LogP) is 6.73. The lowest BCUT2D eigenvalue weighted by Gasteiger charge is -2.15. The molecule has 19 heavy (non-hydrogen) atoms. The van der Waals surface area contributed by atoms with E-state index in [1.165, 1.54) is 21.6 Å². The molecule has 0 aliphatic heterocycles. The third-order valence-electron chi connectivity index (χ3n) is 2.96. The van der Waals surface area contributed by atoms with Crippen LogP contribution in [-0.2, 0) is 0 Å². The van der Waals surface area contributed by atoms with Crippen molar-refractivity contribution in [3.63, 3.8) is 0 Å². The van der Waals surface area contributed by atoms with E-state index >= 15 is 0 Å². The van der Waals surface area contributed by atoms with Gasteiger partial charge in [-0.05, 0) is 54.1 Å². The van der Waals surface area contributed by atoms with Crippen LogP contribution in [0.4, 0.5) is 0 Å². The SMILES string of the molecule is CSc1ccc(C(Br)c2cc(Br)c(C)cc2Br)cc1. The molecule has 2 aromatic carbocycles. The van der Waals surface area contributed by atoms with Gasteiger partial charge < -0.3 is 0 Å². The van der Waals surface area contributed by atoms with Crippen LogP contribution in [0.2, 0.25) is 0 Å². The molecule has 1 atom stereocenters. The van der Waals surface area contributed by atoms with Crippen molar-refractivity contribution < 1.29 is 0 Å². The first kappa shape index (κ1) is 15.6. The predicted molar refractivity (Wildman–Crippen MR) is 95.6 cm³/mol. The van der Waals surface area contributed by atoms with Gasteiger partial charge in [-0.3, -0.25) is 0 Å². The van der Waals surface area contributed by atoms with Crippen molar-refractivity contribution in [3.8, 4) is 0 Å². The Bertz CT molecular complexity index is 579. The fourth-order valence-corrected chi connectivity index (χ4v) is 4.26. The normalized spacial score (nSPS) is 12.5. The highest BCUT2D eigenvalue weighted by Gasteiger charge is 2.15. The molecule has 100 valence electrons. The first-order chi connectivity index (χ1) is 9.02. The molecule has 1 unspecified atom stereocenters. The van der Waals surface area contributed by atoms with E-state index in [1.807, 2.05) is 0 Å². The lowest BCUT2D eigenvalue weighted by molar-refractivity contribution is 1.14. The molecule has 0 aliphatic carbocycles. The van der Waals surface area contributed by atoms with E-state index in [1.54, 1.807) is 11.8 Å². The first-order valence-corrected chi connectivity index (χ1v) is 9.49. The van der Waals surface area contributed by atoms with Crippen LogP contribution in [-0.4, -0.2) is 6.26 Å². The molecule has 0 amide bonds. The standard InChI is InChI=1S/C15H13Br3S/c1-9-7-14(17)12(8-13(9)16)15(18)10-3-5-11(19-2)6-4-10/h3-8,15H,1-2H3. The van der Waals surface area contributed by atoms with E-state index < -0.39 is 0 Å². The Kier molecular flexibility index (Phi) is 5.58. The second-order valence-corrected chi connectivity index (χ2v) is 7.76. The van der Waals surface area contributed by atoms with E-state index in [0.29, 0.717) is 0 Å². The smallest absolute Gasteiger partial charge is 0.0656 e. The van der Waals surface area contributed by atoms with Crippen LogP contribution >= 0.6 is 59.6 Å². The number of hydrogen-bond acceptors (Lipinski definition) is 1. The number of aryl methyl sites for hydroxylation is 1. The van der Waals surface area contributed by atoms with Crippen LogP contribution in [0.25, 0.3) is 0 Å². The molecule has 0 saturated carbocycles. The Labute approximate surface area is 143 Å². The van der Waals surface area contributed by atoms with Crippen LogP contribution in [0.3, 0.4) is 0 Å². The molecule has 0 nitrogen and oxygen atoms in total. The number of thioether (sulfide) groups is 1. The fourth-order valence-electron chi connectivity index (χ4n) is 1.81. The van der Waals surface area contributed by atoms with Crippen LogP contribution in [0.15, 0.2) is 50.2 Å². The summed E-state index contributed by atoms with van der Waals surface area (Å²) in [5.74, 6) is 0. The van der Waals surface area contributed by atoms with E-state index in [-0.39, 0.29) is 4.83 Å². The van der Waals surface area contributed by atoms with E-state index in [2.05, 4.69) is 97.4 Å². The highest BCUT2D eigenvalue weighted by Crippen LogP contribution is 2.38. The maximum atomic E-state index is 3.79. The van der Waals surface area contributed by atoms with Gasteiger partial charge in [0.2, 0.25) is 0 Å². The second kappa shape index (κ2) is 6.79. The summed E-state index contributed by atoms with van der Waals surface area (Å²) in [5, 5.41) is 0. The van der Waals surface area contributed by atoms with Gasteiger partial charge in [-0.15, -0.1) is 11.8 Å². The molecule has 0 N–H and O–H groups in total. The Morgan fingerprint density at radius 1 is 1.00 bits per heavy atom. The summed E-state index contributed by atoms with van der Waals surface area (Å²) in [6.07, 6.45) is 2.09. The van der Waals surface area contributed by atoms with Crippen molar-refractivity contribution in [1.29, 1.82) is 0 Å². The molecule has 0 heterocycles. The average Bonchev–Trinajstić information content (AvgIpc) is 2.42. The summed E-state index contributed by atoms with van der Waals surface area (Å²) >= 11 is 12.8. The highest BCUT2D eigenvalue weighted by atomic mass is 79.9. The molecule has 0 fully saturated rings. The Balaban J connectivity index is 2.37. The number of halogens is 3. The summed E-state index contributed by atoms with van der Waals surface area (Å²) in [7, 11) is 0. The van der Waals surface area contributed by atoms with Crippen LogP contribution in [0.1, 0.15) is 21.5 Å². The lowest BCUT2D eigenvalue weighted by atomic mass is 10.0. The summed E-state index contributed by atoms with van der Waals surface area (Å²) in [6.45, 7) is 2.09. The zero-order chi connectivity index (χ0) is 14.0. The third-order valence-corrected chi connectivity index (χ3v) is 6.27. The largest absolute Gasteiger partial charge is 0.130 e. The van der Waals surface area contributed by atoms with Gasteiger partial charge in [0, 0.05) is 13.8 Å². The van der Waals surface area contributed by atoms with Crippen LogP contribution in [0, 0.1) is 6.92 Å². The monoisotopic (exact) mass is 462 g/mol. The Morgan fingerprint density at radius 3 is 2.21 bits per heavy atom. The number of benzene rings is 2. The molecule has 0 saturated heterocycles. The van der Waals surface area contributed by atoms with Crippen molar-refractivity contribution >= 4 is 59.6 Å². The van der Waals surface area contributed by atoms with Crippen molar-refractivity contribution in [2.24, 2.45) is 0 Å². The summed E-state index contributed by atoms with van der Waals surface area (Å²) < 4.78 is 2.26. The molecule has 0 spiro atoms. The summed E-state index contributed by atoms with van der Waals surface area (Å²) in [4.78, 5) is 1.47. The van der Waals surface area contributed by atoms with Gasteiger partial charge in [0.05, 0.1) is 4.83 Å². The van der Waals surface area contributed by atoms with Gasteiger partial charge >= 0.3 is 0 Å². The second-order valence-electron chi connectivity index (χ2n) is 4.26. The third kappa shape index (κ3) is 3.66. The zero-order valence-electron chi connectivity index (χ0n) is 10.6. The molecule has 4 heteroatoms. The van der Waals surface area contributed by atoms with Crippen molar-refractivity contribution in [2.45, 2.75) is 16.6 Å². The molecule has 0 aliphatic rings. The topological polar surface area (TPSA) is 0 Å². The molecule has 2 aromatic rings. The van der Waals surface area contributed by atoms with E-state index in [4.69, 9.17) is 0 Å². The highest BCUT2D eigenvalue weighted by molar-refractivity contribution is 9.11. The number of alkyl halides is 1. The maximum Gasteiger partial charge on any atom is 0.0656 e. The Hall–Kier alpha value is 0.230. The quantitative estimate of drug-likeness (QED) is 0.358. The number of rotatable bonds is 3. The number of hydrogen-bond donors (Lipinski definition) is 0. The van der Waals surface area contributed by atoms with Crippen LogP contribution in [0.5, 0.6) is 0 Å². The van der Waals surface area contributed by atoms with Gasteiger partial charge in [0.15, 0.2) is 0 Å². The minimum Gasteiger partial charge on any atom is -0.130 e. The summed E-state index contributed by atoms with van der Waals surface area (Å²) in [6, 6.07) is 13.0. The summed E-state index contributed by atoms with van der Waals surface area (Å²) in [5.41, 5.74) is 3.72. The Morgan fingerprint density at radius 2 is 1.63 bits per heavy atom. The molecule has 2 rings (SSSR count). The zero-order valence-corrected chi connectivity index (χ0v) is 16.2. The van der Waals surface area contributed by atoms with Crippen molar-refractivity contribution in [3.05, 3.63) is 62.0 Å². The van der Waals surface area contributed by atoms with Crippen molar-refractivity contribution in [2.75, 3.05) is 6.26 Å². The minimum absolute atomic E-state index is 0.190. The van der Waals surface area contributed by atoms with Crippen molar-refractivity contribution in [1.82, 2.24) is 0 Å². The molecule has 0 bridgehead atoms. The lowest BCUT2D eigenvalue weighted by Crippen LogP contribution is -1.95. The van der Waals surface area contributed by atoms with Gasteiger partial charge in [-0.2, -0.15) is 0 Å². The van der Waals surface area contributed by atoms with Gasteiger partial charge in [0.25, 0.3) is 0 Å². The first-order valence-electron chi connectivity index (χ1n) is 5.76. The van der Waals surface area contributed by atoms with E-state index in [0.717, 1.165) is 8.95 Å². The maximum absolute atomic E-state index is 3.79. The molecule has 0 radical (unpaired) electrons. The van der Waals surface area contributed by atoms with Gasteiger partial charge in [0.1, 0.15) is 0 Å². The van der Waals surface area contributed by atoms with Crippen LogP contribution < -0.4 is 0 Å². The average molecular weight is 465 g/mol. The minimum atomic E-state index is 0.190. The molecular formula is C15H13Br3S. The van der Waals surface area contributed by atoms with Gasteiger partial charge in [-0.25, -0.2) is 0 Å². The van der Waals surface area contributed by atoms with E-state index in [9.17, 15) is 0 Å².